The number of aromatic amines is 1. The summed E-state index contributed by atoms with van der Waals surface area (Å²) in [5.41, 5.74) is -0.210. The lowest BCUT2D eigenvalue weighted by molar-refractivity contribution is -0.137. The summed E-state index contributed by atoms with van der Waals surface area (Å²) in [7, 11) is 0. The molecule has 1 aromatic rings. The number of H-pyrrole nitrogens is 1. The fourth-order valence-electron chi connectivity index (χ4n) is 2.15. The van der Waals surface area contributed by atoms with Crippen molar-refractivity contribution >= 4 is 11.8 Å². The molecule has 20 heavy (non-hydrogen) atoms. The van der Waals surface area contributed by atoms with E-state index < -0.39 is 5.97 Å². The summed E-state index contributed by atoms with van der Waals surface area (Å²) in [6.07, 6.45) is 4.62. The molecule has 0 fully saturated rings. The third-order valence-corrected chi connectivity index (χ3v) is 3.42. The van der Waals surface area contributed by atoms with Crippen LogP contribution in [-0.4, -0.2) is 27.6 Å². The van der Waals surface area contributed by atoms with Crippen LogP contribution in [0.5, 0.6) is 0 Å². The molecule has 6 nitrogen and oxygen atoms in total. The molecule has 1 rings (SSSR count). The van der Waals surface area contributed by atoms with Crippen LogP contribution >= 0.6 is 0 Å². The highest BCUT2D eigenvalue weighted by Crippen LogP contribution is 2.32. The molecule has 1 atom stereocenters. The molecule has 0 saturated carbocycles. The maximum absolute atomic E-state index is 11.4. The van der Waals surface area contributed by atoms with Crippen molar-refractivity contribution in [3.63, 3.8) is 0 Å². The van der Waals surface area contributed by atoms with Gasteiger partial charge in [0, 0.05) is 25.4 Å². The third kappa shape index (κ3) is 5.42. The molecular formula is C14H23N3O3. The molecule has 1 unspecified atom stereocenters. The van der Waals surface area contributed by atoms with Crippen LogP contribution in [0.25, 0.3) is 0 Å². The van der Waals surface area contributed by atoms with E-state index in [1.54, 1.807) is 0 Å². The molecule has 0 aliphatic heterocycles. The summed E-state index contributed by atoms with van der Waals surface area (Å²) in [6, 6.07) is 0. The summed E-state index contributed by atoms with van der Waals surface area (Å²) in [6.45, 7) is 6.91. The monoisotopic (exact) mass is 281 g/mol. The van der Waals surface area contributed by atoms with E-state index in [1.807, 2.05) is 0 Å². The summed E-state index contributed by atoms with van der Waals surface area (Å²) in [4.78, 5) is 28.7. The van der Waals surface area contributed by atoms with E-state index in [4.69, 9.17) is 5.11 Å². The van der Waals surface area contributed by atoms with Crippen molar-refractivity contribution in [3.8, 4) is 0 Å². The Bertz CT molecular complexity index is 491. The molecule has 6 heteroatoms. The summed E-state index contributed by atoms with van der Waals surface area (Å²) in [5, 5.41) is 11.8. The molecule has 0 aromatic carbocycles. The van der Waals surface area contributed by atoms with Gasteiger partial charge in [0.25, 0.3) is 5.56 Å². The minimum Gasteiger partial charge on any atom is -0.481 e. The average Bonchev–Trinajstić information content (AvgIpc) is 2.33. The van der Waals surface area contributed by atoms with Gasteiger partial charge >= 0.3 is 5.97 Å². The molecule has 0 aliphatic rings. The fraction of sp³-hybridized carbons (Fsp3) is 0.643. The SMILES string of the molecule is CC(C)(C)C(CCNc1ncc[nH]c1=O)CCC(=O)O. The van der Waals surface area contributed by atoms with Gasteiger partial charge in [-0.15, -0.1) is 0 Å². The Labute approximate surface area is 118 Å². The van der Waals surface area contributed by atoms with Gasteiger partial charge in [-0.25, -0.2) is 4.98 Å². The van der Waals surface area contributed by atoms with E-state index in [0.29, 0.717) is 18.8 Å². The first kappa shape index (κ1) is 16.2. The molecule has 0 radical (unpaired) electrons. The molecule has 0 aliphatic carbocycles. The summed E-state index contributed by atoms with van der Waals surface area (Å²) < 4.78 is 0. The fourth-order valence-corrected chi connectivity index (χ4v) is 2.15. The van der Waals surface area contributed by atoms with Crippen LogP contribution in [0.2, 0.25) is 0 Å². The smallest absolute Gasteiger partial charge is 0.303 e. The minimum absolute atomic E-state index is 0.0354. The Kier molecular flexibility index (Phi) is 5.73. The molecule has 0 amide bonds. The summed E-state index contributed by atoms with van der Waals surface area (Å²) >= 11 is 0. The Morgan fingerprint density at radius 2 is 2.15 bits per heavy atom. The molecule has 1 aromatic heterocycles. The van der Waals surface area contributed by atoms with E-state index in [1.165, 1.54) is 12.4 Å². The molecule has 1 heterocycles. The van der Waals surface area contributed by atoms with Crippen LogP contribution in [0.15, 0.2) is 17.2 Å². The number of hydrogen-bond acceptors (Lipinski definition) is 4. The van der Waals surface area contributed by atoms with Crippen LogP contribution in [0.4, 0.5) is 5.82 Å². The third-order valence-electron chi connectivity index (χ3n) is 3.42. The average molecular weight is 281 g/mol. The Morgan fingerprint density at radius 1 is 1.45 bits per heavy atom. The van der Waals surface area contributed by atoms with Gasteiger partial charge in [0.1, 0.15) is 0 Å². The van der Waals surface area contributed by atoms with Gasteiger partial charge in [0.05, 0.1) is 0 Å². The van der Waals surface area contributed by atoms with Crippen molar-refractivity contribution in [1.82, 2.24) is 9.97 Å². The van der Waals surface area contributed by atoms with Crippen molar-refractivity contribution in [3.05, 3.63) is 22.7 Å². The predicted octanol–water partition coefficient (Wildman–Crippen LogP) is 2.10. The zero-order valence-electron chi connectivity index (χ0n) is 12.3. The number of hydrogen-bond donors (Lipinski definition) is 3. The lowest BCUT2D eigenvalue weighted by atomic mass is 9.76. The number of carboxylic acid groups (broad SMARTS) is 1. The largest absolute Gasteiger partial charge is 0.481 e. The van der Waals surface area contributed by atoms with Crippen LogP contribution in [0.3, 0.4) is 0 Å². The first-order valence-corrected chi connectivity index (χ1v) is 6.80. The van der Waals surface area contributed by atoms with E-state index in [0.717, 1.165) is 6.42 Å². The maximum atomic E-state index is 11.4. The molecular weight excluding hydrogens is 258 g/mol. The highest BCUT2D eigenvalue weighted by Gasteiger charge is 2.24. The first-order valence-electron chi connectivity index (χ1n) is 6.80. The van der Waals surface area contributed by atoms with Crippen molar-refractivity contribution < 1.29 is 9.90 Å². The van der Waals surface area contributed by atoms with Crippen molar-refractivity contribution in [2.24, 2.45) is 11.3 Å². The second kappa shape index (κ2) is 7.07. The number of nitrogens with zero attached hydrogens (tertiary/aromatic N) is 1. The first-order chi connectivity index (χ1) is 9.30. The van der Waals surface area contributed by atoms with Crippen molar-refractivity contribution in [1.29, 1.82) is 0 Å². The number of aromatic nitrogens is 2. The topological polar surface area (TPSA) is 95.1 Å². The second-order valence-electron chi connectivity index (χ2n) is 5.98. The van der Waals surface area contributed by atoms with Gasteiger partial charge in [-0.3, -0.25) is 9.59 Å². The quantitative estimate of drug-likeness (QED) is 0.711. The summed E-state index contributed by atoms with van der Waals surface area (Å²) in [5.74, 6) is -0.194. The molecule has 0 saturated heterocycles. The van der Waals surface area contributed by atoms with Gasteiger partial charge in [-0.1, -0.05) is 20.8 Å². The molecule has 0 spiro atoms. The van der Waals surface area contributed by atoms with Crippen molar-refractivity contribution in [2.45, 2.75) is 40.0 Å². The number of rotatable bonds is 7. The Hall–Kier alpha value is -1.85. The van der Waals surface area contributed by atoms with Gasteiger partial charge in [-0.05, 0) is 24.2 Å². The van der Waals surface area contributed by atoms with Crippen LogP contribution in [0, 0.1) is 11.3 Å². The van der Waals surface area contributed by atoms with Gasteiger partial charge in [-0.2, -0.15) is 0 Å². The highest BCUT2D eigenvalue weighted by molar-refractivity contribution is 5.66. The highest BCUT2D eigenvalue weighted by atomic mass is 16.4. The number of aliphatic carboxylic acids is 1. The van der Waals surface area contributed by atoms with Gasteiger partial charge in [0.2, 0.25) is 0 Å². The van der Waals surface area contributed by atoms with Crippen molar-refractivity contribution in [2.75, 3.05) is 11.9 Å². The lowest BCUT2D eigenvalue weighted by Gasteiger charge is -2.30. The number of anilines is 1. The number of nitrogens with one attached hydrogen (secondary N) is 2. The maximum Gasteiger partial charge on any atom is 0.303 e. The zero-order chi connectivity index (χ0) is 15.2. The Morgan fingerprint density at radius 3 is 2.70 bits per heavy atom. The van der Waals surface area contributed by atoms with Crippen LogP contribution in [0.1, 0.15) is 40.0 Å². The minimum atomic E-state index is -0.770. The number of carboxylic acids is 1. The van der Waals surface area contributed by atoms with E-state index in [2.05, 4.69) is 36.1 Å². The molecule has 112 valence electrons. The van der Waals surface area contributed by atoms with Crippen LogP contribution < -0.4 is 10.9 Å². The zero-order valence-corrected chi connectivity index (χ0v) is 12.3. The van der Waals surface area contributed by atoms with Gasteiger partial charge in [0.15, 0.2) is 5.82 Å². The molecule has 0 bridgehead atoms. The Balaban J connectivity index is 2.52. The lowest BCUT2D eigenvalue weighted by Crippen LogP contribution is -2.25. The normalized spacial score (nSPS) is 12.9. The molecule has 3 N–H and O–H groups in total. The van der Waals surface area contributed by atoms with Gasteiger partial charge < -0.3 is 15.4 Å². The van der Waals surface area contributed by atoms with E-state index in [9.17, 15) is 9.59 Å². The number of carbonyl (C=O) groups is 1. The van der Waals surface area contributed by atoms with E-state index >= 15 is 0 Å². The second-order valence-corrected chi connectivity index (χ2v) is 5.98. The van der Waals surface area contributed by atoms with Crippen LogP contribution in [-0.2, 0) is 4.79 Å². The van der Waals surface area contributed by atoms with E-state index in [-0.39, 0.29) is 23.3 Å². The predicted molar refractivity (Wildman–Crippen MR) is 77.8 cm³/mol. The standard InChI is InChI=1S/C14H23N3O3/c1-14(2,3)10(4-5-11(18)19)6-7-15-12-13(20)17-9-8-16-12/h8-10H,4-7H2,1-3H3,(H,15,16)(H,17,20)(H,18,19).